The zero-order valence-corrected chi connectivity index (χ0v) is 26.8. The molecule has 2 aliphatic heterocycles. The van der Waals surface area contributed by atoms with Gasteiger partial charge in [0, 0.05) is 34.3 Å². The van der Waals surface area contributed by atoms with Crippen molar-refractivity contribution in [1.29, 1.82) is 0 Å². The first-order valence-corrected chi connectivity index (χ1v) is 15.5. The minimum atomic E-state index is -4.45. The summed E-state index contributed by atoms with van der Waals surface area (Å²) in [6.07, 6.45) is -10.2. The molecular weight excluding hydrogens is 702 g/mol. The SMILES string of the molecule is O=C1C[C@H](c2ccccc2OC(=O)Nc2ccc(C(F)(F)F)cc2)CO1.O=C1C[C@H](c2ccccc2OC(=O)Nc2ccc(C(F)(F)F)cc2)CO1. The van der Waals surface area contributed by atoms with Crippen LogP contribution in [0.3, 0.4) is 0 Å². The fourth-order valence-corrected chi connectivity index (χ4v) is 5.22. The molecule has 2 aliphatic rings. The molecule has 2 amide bonds. The van der Waals surface area contributed by atoms with Crippen LogP contribution < -0.4 is 20.1 Å². The molecule has 10 nitrogen and oxygen atoms in total. The number of alkyl halides is 6. The number of esters is 2. The summed E-state index contributed by atoms with van der Waals surface area (Å²) >= 11 is 0. The lowest BCUT2D eigenvalue weighted by Gasteiger charge is -2.14. The largest absolute Gasteiger partial charge is 0.465 e. The van der Waals surface area contributed by atoms with Gasteiger partial charge in [0.05, 0.1) is 37.2 Å². The van der Waals surface area contributed by atoms with E-state index in [1.807, 2.05) is 0 Å². The number of anilines is 2. The molecule has 272 valence electrons. The van der Waals surface area contributed by atoms with E-state index in [1.54, 1.807) is 48.5 Å². The maximum absolute atomic E-state index is 12.5. The number of para-hydroxylation sites is 2. The smallest absolute Gasteiger partial charge is 0.417 e. The normalized spacial score (nSPS) is 16.9. The predicted molar refractivity (Wildman–Crippen MR) is 172 cm³/mol. The monoisotopic (exact) mass is 730 g/mol. The lowest BCUT2D eigenvalue weighted by Crippen LogP contribution is -2.18. The Bertz CT molecular complexity index is 1770. The highest BCUT2D eigenvalue weighted by molar-refractivity contribution is 5.87. The summed E-state index contributed by atoms with van der Waals surface area (Å²) in [5, 5.41) is 4.74. The van der Waals surface area contributed by atoms with Crippen LogP contribution in [-0.2, 0) is 31.4 Å². The van der Waals surface area contributed by atoms with Crippen LogP contribution in [0.2, 0.25) is 0 Å². The van der Waals surface area contributed by atoms with Crippen molar-refractivity contribution in [3.8, 4) is 11.5 Å². The van der Waals surface area contributed by atoms with Gasteiger partial charge in [-0.05, 0) is 60.7 Å². The van der Waals surface area contributed by atoms with Crippen molar-refractivity contribution < 1.29 is 64.5 Å². The van der Waals surface area contributed by atoms with E-state index in [1.165, 1.54) is 0 Å². The molecule has 0 aromatic heterocycles. The molecule has 52 heavy (non-hydrogen) atoms. The average Bonchev–Trinajstić information content (AvgIpc) is 3.73. The van der Waals surface area contributed by atoms with E-state index in [2.05, 4.69) is 10.6 Å². The van der Waals surface area contributed by atoms with Gasteiger partial charge in [-0.25, -0.2) is 9.59 Å². The number of hydrogen-bond donors (Lipinski definition) is 2. The molecule has 6 rings (SSSR count). The fourth-order valence-electron chi connectivity index (χ4n) is 5.22. The summed E-state index contributed by atoms with van der Waals surface area (Å²) in [6.45, 7) is 0.416. The van der Waals surface area contributed by atoms with E-state index in [0.717, 1.165) is 48.5 Å². The molecule has 0 unspecified atom stereocenters. The van der Waals surface area contributed by atoms with Crippen LogP contribution in [-0.4, -0.2) is 37.3 Å². The summed E-state index contributed by atoms with van der Waals surface area (Å²) in [6, 6.07) is 21.5. The molecule has 0 bridgehead atoms. The Morgan fingerprint density at radius 1 is 0.558 bits per heavy atom. The second-order valence-electron chi connectivity index (χ2n) is 11.4. The summed E-state index contributed by atoms with van der Waals surface area (Å²) in [4.78, 5) is 46.6. The van der Waals surface area contributed by atoms with Crippen molar-refractivity contribution >= 4 is 35.5 Å². The molecule has 16 heteroatoms. The minimum Gasteiger partial charge on any atom is -0.465 e. The highest BCUT2D eigenvalue weighted by atomic mass is 19.4. The van der Waals surface area contributed by atoms with Crippen molar-refractivity contribution in [1.82, 2.24) is 0 Å². The standard InChI is InChI=1S/2C18H14F3NO4/c2*19-18(20,21)12-5-7-13(8-6-12)22-17(24)26-15-4-2-1-3-14(15)11-9-16(23)25-10-11/h2*1-8,11H,9-10H2,(H,22,24)/t2*11-/m00/s1. The molecule has 0 saturated carbocycles. The topological polar surface area (TPSA) is 129 Å². The number of hydrogen-bond acceptors (Lipinski definition) is 8. The molecule has 2 fully saturated rings. The van der Waals surface area contributed by atoms with Gasteiger partial charge in [-0.15, -0.1) is 0 Å². The third kappa shape index (κ3) is 10.0. The van der Waals surface area contributed by atoms with Crippen LogP contribution in [0.25, 0.3) is 0 Å². The minimum absolute atomic E-state index is 0.167. The summed E-state index contributed by atoms with van der Waals surface area (Å²) in [7, 11) is 0. The summed E-state index contributed by atoms with van der Waals surface area (Å²) < 4.78 is 95.6. The van der Waals surface area contributed by atoms with Crippen LogP contribution in [0.5, 0.6) is 11.5 Å². The highest BCUT2D eigenvalue weighted by Crippen LogP contribution is 2.35. The van der Waals surface area contributed by atoms with Crippen LogP contribution in [0, 0.1) is 0 Å². The van der Waals surface area contributed by atoms with Gasteiger partial charge in [-0.3, -0.25) is 20.2 Å². The van der Waals surface area contributed by atoms with Gasteiger partial charge in [0.2, 0.25) is 0 Å². The molecular formula is C36H28F6N2O8. The predicted octanol–water partition coefficient (Wildman–Crippen LogP) is 8.69. The van der Waals surface area contributed by atoms with Crippen LogP contribution in [0.4, 0.5) is 47.3 Å². The Morgan fingerprint density at radius 3 is 1.21 bits per heavy atom. The van der Waals surface area contributed by atoms with E-state index < -0.39 is 35.7 Å². The number of halogens is 6. The molecule has 2 N–H and O–H groups in total. The number of benzene rings is 4. The molecule has 4 aromatic rings. The number of ether oxygens (including phenoxy) is 4. The van der Waals surface area contributed by atoms with Gasteiger partial charge in [0.15, 0.2) is 0 Å². The molecule has 2 saturated heterocycles. The third-order valence-electron chi connectivity index (χ3n) is 7.76. The number of amides is 2. The number of carbonyl (C=O) groups is 4. The van der Waals surface area contributed by atoms with Gasteiger partial charge >= 0.3 is 36.5 Å². The number of cyclic esters (lactones) is 2. The van der Waals surface area contributed by atoms with Gasteiger partial charge in [0.25, 0.3) is 0 Å². The molecule has 2 heterocycles. The lowest BCUT2D eigenvalue weighted by molar-refractivity contribution is -0.138. The van der Waals surface area contributed by atoms with Crippen molar-refractivity contribution in [2.24, 2.45) is 0 Å². The average molecular weight is 731 g/mol. The molecule has 4 aromatic carbocycles. The van der Waals surface area contributed by atoms with Crippen molar-refractivity contribution in [2.45, 2.75) is 37.0 Å². The van der Waals surface area contributed by atoms with Gasteiger partial charge in [0.1, 0.15) is 11.5 Å². The number of carbonyl (C=O) groups excluding carboxylic acids is 4. The van der Waals surface area contributed by atoms with Crippen molar-refractivity contribution in [2.75, 3.05) is 23.8 Å². The van der Waals surface area contributed by atoms with Gasteiger partial charge in [-0.1, -0.05) is 36.4 Å². The van der Waals surface area contributed by atoms with Crippen molar-refractivity contribution in [3.63, 3.8) is 0 Å². The highest BCUT2D eigenvalue weighted by Gasteiger charge is 2.32. The Balaban J connectivity index is 0.000000201. The van der Waals surface area contributed by atoms with Crippen LogP contribution >= 0.6 is 0 Å². The van der Waals surface area contributed by atoms with Gasteiger partial charge < -0.3 is 18.9 Å². The van der Waals surface area contributed by atoms with E-state index in [4.69, 9.17) is 18.9 Å². The maximum Gasteiger partial charge on any atom is 0.417 e. The van der Waals surface area contributed by atoms with E-state index in [-0.39, 0.29) is 72.7 Å². The maximum atomic E-state index is 12.5. The van der Waals surface area contributed by atoms with Gasteiger partial charge in [-0.2, -0.15) is 26.3 Å². The fraction of sp³-hybridized carbons (Fsp3) is 0.222. The summed E-state index contributed by atoms with van der Waals surface area (Å²) in [5.74, 6) is -0.534. The van der Waals surface area contributed by atoms with Crippen LogP contribution in [0.1, 0.15) is 46.9 Å². The molecule has 2 atom stereocenters. The summed E-state index contributed by atoms with van der Waals surface area (Å²) in [5.41, 5.74) is 0.0156. The second-order valence-corrected chi connectivity index (χ2v) is 11.4. The quantitative estimate of drug-likeness (QED) is 0.149. The molecule has 0 spiro atoms. The Labute approximate surface area is 291 Å². The second kappa shape index (κ2) is 15.9. The first kappa shape index (κ1) is 37.2. The van der Waals surface area contributed by atoms with Crippen LogP contribution in [0.15, 0.2) is 97.1 Å². The number of nitrogens with one attached hydrogen (secondary N) is 2. The van der Waals surface area contributed by atoms with E-state index >= 15 is 0 Å². The van der Waals surface area contributed by atoms with E-state index in [0.29, 0.717) is 11.1 Å². The lowest BCUT2D eigenvalue weighted by atomic mass is 9.97. The Hall–Kier alpha value is -6.06. The molecule has 0 aliphatic carbocycles. The van der Waals surface area contributed by atoms with Crippen molar-refractivity contribution in [3.05, 3.63) is 119 Å². The Morgan fingerprint density at radius 2 is 0.904 bits per heavy atom. The first-order valence-electron chi connectivity index (χ1n) is 15.5. The first-order chi connectivity index (χ1) is 24.7. The zero-order valence-electron chi connectivity index (χ0n) is 26.8. The van der Waals surface area contributed by atoms with E-state index in [9.17, 15) is 45.5 Å². The Kier molecular flexibility index (Phi) is 11.4. The third-order valence-corrected chi connectivity index (χ3v) is 7.76. The zero-order chi connectivity index (χ0) is 37.5. The number of rotatable bonds is 6. The molecule has 0 radical (unpaired) electrons.